The first-order chi connectivity index (χ1) is 12.7. The minimum absolute atomic E-state index is 0.0665. The number of halogens is 3. The number of benzene rings is 1. The molecule has 2 rings (SSSR count). The Morgan fingerprint density at radius 3 is 2.56 bits per heavy atom. The second-order valence-electron chi connectivity index (χ2n) is 5.41. The van der Waals surface area contributed by atoms with Gasteiger partial charge in [0.05, 0.1) is 29.5 Å². The van der Waals surface area contributed by atoms with Gasteiger partial charge in [0.1, 0.15) is 0 Å². The molecule has 1 N–H and O–H groups in total. The number of esters is 1. The average Bonchev–Trinajstić information content (AvgIpc) is 3.01. The summed E-state index contributed by atoms with van der Waals surface area (Å²) in [5.41, 5.74) is 0.0683. The van der Waals surface area contributed by atoms with Crippen LogP contribution in [0.3, 0.4) is 0 Å². The van der Waals surface area contributed by atoms with Crippen LogP contribution in [0.4, 0.5) is 18.9 Å². The molecule has 1 atom stereocenters. The Kier molecular flexibility index (Phi) is 7.25. The molecule has 0 aliphatic heterocycles. The third-order valence-corrected chi connectivity index (χ3v) is 5.41. The molecular formula is C17H17F3N2O3S2. The van der Waals surface area contributed by atoms with E-state index in [0.29, 0.717) is 16.6 Å². The summed E-state index contributed by atoms with van der Waals surface area (Å²) in [4.78, 5) is 27.9. The number of nitrogens with one attached hydrogen (secondary N) is 1. The van der Waals surface area contributed by atoms with Crippen molar-refractivity contribution in [2.24, 2.45) is 0 Å². The highest BCUT2D eigenvalue weighted by molar-refractivity contribution is 8.02. The van der Waals surface area contributed by atoms with Crippen LogP contribution in [0.2, 0.25) is 0 Å². The Hall–Kier alpha value is -2.07. The summed E-state index contributed by atoms with van der Waals surface area (Å²) in [7, 11) is 0. The number of nitrogens with zero attached hydrogens (tertiary/aromatic N) is 1. The number of rotatable bonds is 7. The van der Waals surface area contributed by atoms with Gasteiger partial charge in [-0.15, -0.1) is 11.3 Å². The van der Waals surface area contributed by atoms with E-state index in [2.05, 4.69) is 10.3 Å². The third kappa shape index (κ3) is 6.55. The molecule has 1 unspecified atom stereocenters. The van der Waals surface area contributed by atoms with E-state index in [-0.39, 0.29) is 24.0 Å². The lowest BCUT2D eigenvalue weighted by molar-refractivity contribution is -0.142. The molecule has 0 bridgehead atoms. The van der Waals surface area contributed by atoms with E-state index in [4.69, 9.17) is 4.74 Å². The van der Waals surface area contributed by atoms with Crippen LogP contribution in [0.1, 0.15) is 25.1 Å². The number of amides is 1. The number of alkyl halides is 3. The quantitative estimate of drug-likeness (QED) is 0.534. The molecule has 0 aliphatic rings. The van der Waals surface area contributed by atoms with E-state index in [1.807, 2.05) is 0 Å². The van der Waals surface area contributed by atoms with Gasteiger partial charge in [-0.05, 0) is 38.1 Å². The van der Waals surface area contributed by atoms with Crippen molar-refractivity contribution in [1.82, 2.24) is 4.98 Å². The van der Waals surface area contributed by atoms with Gasteiger partial charge in [-0.25, -0.2) is 4.98 Å². The predicted octanol–water partition coefficient (Wildman–Crippen LogP) is 4.39. The summed E-state index contributed by atoms with van der Waals surface area (Å²) in [5, 5.41) is 3.77. The topological polar surface area (TPSA) is 68.3 Å². The van der Waals surface area contributed by atoms with Gasteiger partial charge < -0.3 is 10.1 Å². The molecule has 0 aliphatic carbocycles. The second-order valence-corrected chi connectivity index (χ2v) is 7.86. The minimum atomic E-state index is -4.42. The summed E-state index contributed by atoms with van der Waals surface area (Å²) < 4.78 is 43.1. The Labute approximate surface area is 162 Å². The standard InChI is InChI=1S/C17H17F3N2O3S2/c1-3-25-14(23)8-13-9-26-16(22-13)27-10(2)15(24)21-12-6-4-11(5-7-12)17(18,19)20/h4-7,9-10H,3,8H2,1-2H3,(H,21,24). The van der Waals surface area contributed by atoms with Crippen LogP contribution in [0.25, 0.3) is 0 Å². The number of anilines is 1. The number of carbonyl (C=O) groups is 2. The van der Waals surface area contributed by atoms with Crippen molar-refractivity contribution in [2.75, 3.05) is 11.9 Å². The van der Waals surface area contributed by atoms with Crippen LogP contribution in [0.5, 0.6) is 0 Å². The van der Waals surface area contributed by atoms with Crippen molar-refractivity contribution in [3.8, 4) is 0 Å². The normalized spacial score (nSPS) is 12.5. The zero-order valence-electron chi connectivity index (χ0n) is 14.5. The van der Waals surface area contributed by atoms with Crippen molar-refractivity contribution in [2.45, 2.75) is 36.0 Å². The highest BCUT2D eigenvalue weighted by atomic mass is 32.2. The maximum Gasteiger partial charge on any atom is 0.416 e. The Bertz CT molecular complexity index is 791. The number of thiazole rings is 1. The molecule has 1 aromatic heterocycles. The highest BCUT2D eigenvalue weighted by Gasteiger charge is 2.30. The van der Waals surface area contributed by atoms with Gasteiger partial charge in [0.2, 0.25) is 5.91 Å². The van der Waals surface area contributed by atoms with Gasteiger partial charge in [-0.1, -0.05) is 11.8 Å². The van der Waals surface area contributed by atoms with E-state index >= 15 is 0 Å². The first-order valence-corrected chi connectivity index (χ1v) is 9.69. The van der Waals surface area contributed by atoms with Crippen LogP contribution in [0.15, 0.2) is 34.0 Å². The lowest BCUT2D eigenvalue weighted by Gasteiger charge is -2.12. The smallest absolute Gasteiger partial charge is 0.416 e. The molecule has 0 radical (unpaired) electrons. The zero-order valence-corrected chi connectivity index (χ0v) is 16.1. The molecule has 0 fully saturated rings. The number of carbonyl (C=O) groups excluding carboxylic acids is 2. The molecular weight excluding hydrogens is 401 g/mol. The van der Waals surface area contributed by atoms with Gasteiger partial charge in [0, 0.05) is 11.1 Å². The molecule has 27 heavy (non-hydrogen) atoms. The highest BCUT2D eigenvalue weighted by Crippen LogP contribution is 2.30. The van der Waals surface area contributed by atoms with Crippen LogP contribution in [0, 0.1) is 0 Å². The number of hydrogen-bond acceptors (Lipinski definition) is 6. The van der Waals surface area contributed by atoms with E-state index < -0.39 is 17.0 Å². The molecule has 10 heteroatoms. The van der Waals surface area contributed by atoms with E-state index in [1.54, 1.807) is 19.2 Å². The lowest BCUT2D eigenvalue weighted by atomic mass is 10.2. The number of aromatic nitrogens is 1. The summed E-state index contributed by atoms with van der Waals surface area (Å²) in [6.07, 6.45) is -4.35. The summed E-state index contributed by atoms with van der Waals surface area (Å²) in [5.74, 6) is -0.727. The summed E-state index contributed by atoms with van der Waals surface area (Å²) in [6, 6.07) is 4.24. The minimum Gasteiger partial charge on any atom is -0.466 e. The molecule has 1 amide bonds. The molecule has 1 heterocycles. The first kappa shape index (κ1) is 21.2. The van der Waals surface area contributed by atoms with Crippen molar-refractivity contribution in [3.05, 3.63) is 40.9 Å². The number of ether oxygens (including phenoxy) is 1. The van der Waals surface area contributed by atoms with Crippen LogP contribution >= 0.6 is 23.1 Å². The van der Waals surface area contributed by atoms with Crippen LogP contribution < -0.4 is 5.32 Å². The Balaban J connectivity index is 1.90. The fraction of sp³-hybridized carbons (Fsp3) is 0.353. The van der Waals surface area contributed by atoms with Crippen molar-refractivity contribution in [3.63, 3.8) is 0 Å². The molecule has 146 valence electrons. The fourth-order valence-electron chi connectivity index (χ4n) is 1.97. The molecule has 5 nitrogen and oxygen atoms in total. The van der Waals surface area contributed by atoms with E-state index in [0.717, 1.165) is 12.1 Å². The molecule has 1 aromatic carbocycles. The number of hydrogen-bond donors (Lipinski definition) is 1. The Morgan fingerprint density at radius 1 is 1.30 bits per heavy atom. The fourth-order valence-corrected chi connectivity index (χ4v) is 3.96. The molecule has 2 aromatic rings. The van der Waals surface area contributed by atoms with Gasteiger partial charge in [-0.3, -0.25) is 9.59 Å². The van der Waals surface area contributed by atoms with Crippen molar-refractivity contribution >= 4 is 40.7 Å². The van der Waals surface area contributed by atoms with Crippen molar-refractivity contribution < 1.29 is 27.5 Å². The summed E-state index contributed by atoms with van der Waals surface area (Å²) >= 11 is 2.51. The molecule has 0 spiro atoms. The van der Waals surface area contributed by atoms with Gasteiger partial charge in [0.15, 0.2) is 4.34 Å². The summed E-state index contributed by atoms with van der Waals surface area (Å²) in [6.45, 7) is 3.68. The molecule has 0 saturated carbocycles. The predicted molar refractivity (Wildman–Crippen MR) is 97.8 cm³/mol. The average molecular weight is 418 g/mol. The van der Waals surface area contributed by atoms with Gasteiger partial charge in [-0.2, -0.15) is 13.2 Å². The van der Waals surface area contributed by atoms with E-state index in [9.17, 15) is 22.8 Å². The van der Waals surface area contributed by atoms with Crippen molar-refractivity contribution in [1.29, 1.82) is 0 Å². The third-order valence-electron chi connectivity index (χ3n) is 3.29. The molecule has 0 saturated heterocycles. The largest absolute Gasteiger partial charge is 0.466 e. The van der Waals surface area contributed by atoms with Gasteiger partial charge in [0.25, 0.3) is 0 Å². The SMILES string of the molecule is CCOC(=O)Cc1csc(SC(C)C(=O)Nc2ccc(C(F)(F)F)cc2)n1. The van der Waals surface area contributed by atoms with Gasteiger partial charge >= 0.3 is 12.1 Å². The number of thioether (sulfide) groups is 1. The maximum absolute atomic E-state index is 12.6. The van der Waals surface area contributed by atoms with Crippen LogP contribution in [-0.2, 0) is 26.9 Å². The lowest BCUT2D eigenvalue weighted by Crippen LogP contribution is -2.22. The Morgan fingerprint density at radius 2 is 1.96 bits per heavy atom. The van der Waals surface area contributed by atoms with E-state index in [1.165, 1.54) is 35.2 Å². The second kappa shape index (κ2) is 9.23. The zero-order chi connectivity index (χ0) is 20.0. The monoisotopic (exact) mass is 418 g/mol. The first-order valence-electron chi connectivity index (χ1n) is 7.94. The maximum atomic E-state index is 12.6. The van der Waals surface area contributed by atoms with Crippen LogP contribution in [-0.4, -0.2) is 28.7 Å².